The fraction of sp³-hybridized carbons (Fsp3) is 0.370. The second-order valence-electron chi connectivity index (χ2n) is 9.52. The topological polar surface area (TPSA) is 90.0 Å². The maximum Gasteiger partial charge on any atom is 0.412 e. The Bertz CT molecular complexity index is 1340. The highest BCUT2D eigenvalue weighted by atomic mass is 32.1. The number of amides is 2. The molecule has 2 amide bonds. The Labute approximate surface area is 213 Å². The molecule has 3 atom stereocenters. The van der Waals surface area contributed by atoms with Crippen LogP contribution in [0.2, 0.25) is 0 Å². The number of hydrogen-bond acceptors (Lipinski definition) is 7. The van der Waals surface area contributed by atoms with Crippen LogP contribution in [0, 0.1) is 25.7 Å². The summed E-state index contributed by atoms with van der Waals surface area (Å²) < 4.78 is 16.7. The van der Waals surface area contributed by atoms with Gasteiger partial charge in [-0.1, -0.05) is 35.9 Å². The summed E-state index contributed by atoms with van der Waals surface area (Å²) in [6, 6.07) is 13.3. The molecule has 0 radical (unpaired) electrons. The number of para-hydroxylation sites is 1. The lowest BCUT2D eigenvalue weighted by Gasteiger charge is -2.27. The van der Waals surface area contributed by atoms with Crippen LogP contribution in [-0.4, -0.2) is 54.2 Å². The summed E-state index contributed by atoms with van der Waals surface area (Å²) in [5, 5.41) is 3.72. The average Bonchev–Trinajstić information content (AvgIpc) is 3.39. The SMILES string of the molecule is Cc1cccc(-c2sc(C)nc2C(=O)N2C[C@H]3C[C@H]3[C@H]2CNC(=O)Oc2cccc3c2OCCO3)c1. The number of piperidine rings is 1. The highest BCUT2D eigenvalue weighted by Crippen LogP contribution is 2.50. The second kappa shape index (κ2) is 9.13. The molecule has 6 rings (SSSR count). The molecule has 2 aliphatic heterocycles. The normalized spacial score (nSPS) is 21.6. The smallest absolute Gasteiger partial charge is 0.412 e. The highest BCUT2D eigenvalue weighted by molar-refractivity contribution is 7.15. The van der Waals surface area contributed by atoms with Crippen LogP contribution in [0.1, 0.15) is 27.5 Å². The van der Waals surface area contributed by atoms with Crippen LogP contribution >= 0.6 is 11.3 Å². The molecule has 186 valence electrons. The van der Waals surface area contributed by atoms with Crippen molar-refractivity contribution in [3.05, 3.63) is 58.7 Å². The van der Waals surface area contributed by atoms with E-state index >= 15 is 0 Å². The van der Waals surface area contributed by atoms with Gasteiger partial charge in [-0.25, -0.2) is 9.78 Å². The molecule has 2 aromatic carbocycles. The fourth-order valence-electron chi connectivity index (χ4n) is 5.21. The van der Waals surface area contributed by atoms with Gasteiger partial charge < -0.3 is 24.4 Å². The van der Waals surface area contributed by atoms with E-state index in [9.17, 15) is 9.59 Å². The average molecular weight is 506 g/mol. The van der Waals surface area contributed by atoms with Gasteiger partial charge in [0.15, 0.2) is 11.5 Å². The zero-order valence-electron chi connectivity index (χ0n) is 20.2. The number of benzene rings is 2. The molecule has 36 heavy (non-hydrogen) atoms. The molecule has 1 aromatic heterocycles. The summed E-state index contributed by atoms with van der Waals surface area (Å²) >= 11 is 1.54. The van der Waals surface area contributed by atoms with Gasteiger partial charge in [-0.3, -0.25) is 4.79 Å². The number of aryl methyl sites for hydroxylation is 2. The van der Waals surface area contributed by atoms with Crippen LogP contribution in [-0.2, 0) is 0 Å². The minimum Gasteiger partial charge on any atom is -0.486 e. The lowest BCUT2D eigenvalue weighted by atomic mass is 10.1. The number of ether oxygens (including phenoxy) is 3. The van der Waals surface area contributed by atoms with Crippen LogP contribution in [0.5, 0.6) is 17.2 Å². The first-order valence-electron chi connectivity index (χ1n) is 12.2. The van der Waals surface area contributed by atoms with Crippen molar-refractivity contribution in [2.24, 2.45) is 11.8 Å². The van der Waals surface area contributed by atoms with Crippen LogP contribution < -0.4 is 19.5 Å². The zero-order chi connectivity index (χ0) is 24.8. The predicted octanol–water partition coefficient (Wildman–Crippen LogP) is 4.45. The highest BCUT2D eigenvalue weighted by Gasteiger charge is 2.54. The number of fused-ring (bicyclic) bond motifs is 2. The molecule has 3 aliphatic rings. The van der Waals surface area contributed by atoms with E-state index in [1.54, 1.807) is 18.2 Å². The minimum atomic E-state index is -0.584. The van der Waals surface area contributed by atoms with Gasteiger partial charge in [0.25, 0.3) is 5.91 Å². The van der Waals surface area contributed by atoms with E-state index in [-0.39, 0.29) is 11.9 Å². The van der Waals surface area contributed by atoms with E-state index < -0.39 is 6.09 Å². The number of aromatic nitrogens is 1. The van der Waals surface area contributed by atoms with Gasteiger partial charge >= 0.3 is 6.09 Å². The van der Waals surface area contributed by atoms with Gasteiger partial charge in [0.05, 0.1) is 15.9 Å². The first kappa shape index (κ1) is 22.8. The minimum absolute atomic E-state index is 0.0779. The van der Waals surface area contributed by atoms with Crippen LogP contribution in [0.4, 0.5) is 4.79 Å². The van der Waals surface area contributed by atoms with Crippen molar-refractivity contribution in [3.63, 3.8) is 0 Å². The Morgan fingerprint density at radius 2 is 2.00 bits per heavy atom. The zero-order valence-corrected chi connectivity index (χ0v) is 21.0. The molecule has 0 bridgehead atoms. The van der Waals surface area contributed by atoms with Crippen molar-refractivity contribution in [1.82, 2.24) is 15.2 Å². The number of thiazole rings is 1. The van der Waals surface area contributed by atoms with Crippen molar-refractivity contribution < 1.29 is 23.8 Å². The predicted molar refractivity (Wildman–Crippen MR) is 135 cm³/mol. The Morgan fingerprint density at radius 1 is 1.17 bits per heavy atom. The maximum atomic E-state index is 13.7. The molecule has 8 nitrogen and oxygen atoms in total. The Balaban J connectivity index is 1.16. The third-order valence-electron chi connectivity index (χ3n) is 6.97. The summed E-state index contributed by atoms with van der Waals surface area (Å²) in [6.45, 7) is 5.83. The molecule has 3 aromatic rings. The van der Waals surface area contributed by atoms with E-state index in [0.29, 0.717) is 61.1 Å². The third kappa shape index (κ3) is 4.28. The molecular weight excluding hydrogens is 478 g/mol. The van der Waals surface area contributed by atoms with Gasteiger partial charge in [0, 0.05) is 13.1 Å². The molecule has 1 saturated heterocycles. The molecule has 1 saturated carbocycles. The Kier molecular flexibility index (Phi) is 5.79. The van der Waals surface area contributed by atoms with Crippen LogP contribution in [0.25, 0.3) is 10.4 Å². The quantitative estimate of drug-likeness (QED) is 0.551. The van der Waals surface area contributed by atoms with Crippen molar-refractivity contribution in [3.8, 4) is 27.7 Å². The van der Waals surface area contributed by atoms with Crippen LogP contribution in [0.3, 0.4) is 0 Å². The molecule has 0 unspecified atom stereocenters. The number of nitrogens with zero attached hydrogens (tertiary/aromatic N) is 2. The number of nitrogens with one attached hydrogen (secondary N) is 1. The monoisotopic (exact) mass is 505 g/mol. The third-order valence-corrected chi connectivity index (χ3v) is 7.99. The second-order valence-corrected chi connectivity index (χ2v) is 10.7. The fourth-order valence-corrected chi connectivity index (χ4v) is 6.11. The molecule has 1 N–H and O–H groups in total. The summed E-state index contributed by atoms with van der Waals surface area (Å²) in [5.41, 5.74) is 2.63. The lowest BCUT2D eigenvalue weighted by molar-refractivity contribution is 0.0699. The molecule has 2 fully saturated rings. The molecule has 9 heteroatoms. The van der Waals surface area contributed by atoms with E-state index in [2.05, 4.69) is 16.4 Å². The van der Waals surface area contributed by atoms with Gasteiger partial charge in [-0.2, -0.15) is 0 Å². The van der Waals surface area contributed by atoms with Crippen molar-refractivity contribution in [2.45, 2.75) is 26.3 Å². The van der Waals surface area contributed by atoms with Gasteiger partial charge in [0.1, 0.15) is 18.9 Å². The standard InChI is InChI=1S/C27H27N3O5S/c1-15-5-3-6-17(11-15)25-23(29-16(2)36-25)26(31)30-14-18-12-19(18)20(30)13-28-27(32)35-22-8-4-7-21-24(22)34-10-9-33-21/h3-8,11,18-20H,9-10,12-14H2,1-2H3,(H,28,32)/t18-,19-,20-/m1/s1. The molecule has 1 aliphatic carbocycles. The molecule has 0 spiro atoms. The summed E-state index contributed by atoms with van der Waals surface area (Å²) in [4.78, 5) is 33.8. The largest absolute Gasteiger partial charge is 0.486 e. The van der Waals surface area contributed by atoms with Crippen LogP contribution in [0.15, 0.2) is 42.5 Å². The van der Waals surface area contributed by atoms with E-state index in [4.69, 9.17) is 14.2 Å². The lowest BCUT2D eigenvalue weighted by Crippen LogP contribution is -2.46. The van der Waals surface area contributed by atoms with E-state index in [1.165, 1.54) is 11.3 Å². The van der Waals surface area contributed by atoms with Crippen molar-refractivity contribution in [2.75, 3.05) is 26.3 Å². The summed E-state index contributed by atoms with van der Waals surface area (Å²) in [6.07, 6.45) is 0.489. The molecular formula is C27H27N3O5S. The molecule has 3 heterocycles. The number of rotatable bonds is 5. The van der Waals surface area contributed by atoms with Crippen molar-refractivity contribution >= 4 is 23.3 Å². The van der Waals surface area contributed by atoms with Gasteiger partial charge in [0.2, 0.25) is 5.75 Å². The first-order chi connectivity index (χ1) is 17.5. The number of likely N-dealkylation sites (tertiary alicyclic amines) is 1. The number of carbonyl (C=O) groups excluding carboxylic acids is 2. The van der Waals surface area contributed by atoms with Crippen molar-refractivity contribution in [1.29, 1.82) is 0 Å². The van der Waals surface area contributed by atoms with Gasteiger partial charge in [-0.15, -0.1) is 11.3 Å². The summed E-state index contributed by atoms with van der Waals surface area (Å²) in [7, 11) is 0. The maximum absolute atomic E-state index is 13.7. The summed E-state index contributed by atoms with van der Waals surface area (Å²) in [5.74, 6) is 2.09. The van der Waals surface area contributed by atoms with E-state index in [0.717, 1.165) is 27.4 Å². The Morgan fingerprint density at radius 3 is 2.86 bits per heavy atom. The first-order valence-corrected chi connectivity index (χ1v) is 13.0. The van der Waals surface area contributed by atoms with Gasteiger partial charge in [-0.05, 0) is 49.8 Å². The number of hydrogen-bond donors (Lipinski definition) is 1. The number of carbonyl (C=O) groups is 2. The van der Waals surface area contributed by atoms with E-state index in [1.807, 2.05) is 36.9 Å². The Hall–Kier alpha value is -3.59.